The Morgan fingerprint density at radius 2 is 2.31 bits per heavy atom. The van der Waals surface area contributed by atoms with E-state index in [1.165, 1.54) is 36.2 Å². The van der Waals surface area contributed by atoms with Crippen LogP contribution in [0.3, 0.4) is 0 Å². The molecule has 1 aliphatic rings. The van der Waals surface area contributed by atoms with Gasteiger partial charge in [-0.05, 0) is 38.3 Å². The second-order valence-electron chi connectivity index (χ2n) is 4.57. The SMILES string of the molecule is CCNCC(C)NCc1n[nH]c2c1CCC2. The molecule has 1 aromatic heterocycles. The second kappa shape index (κ2) is 5.46. The van der Waals surface area contributed by atoms with Gasteiger partial charge in [0.1, 0.15) is 0 Å². The van der Waals surface area contributed by atoms with Gasteiger partial charge in [-0.25, -0.2) is 0 Å². The molecule has 90 valence electrons. The number of aromatic nitrogens is 2. The van der Waals surface area contributed by atoms with Gasteiger partial charge >= 0.3 is 0 Å². The normalized spacial score (nSPS) is 16.4. The summed E-state index contributed by atoms with van der Waals surface area (Å²) >= 11 is 0. The monoisotopic (exact) mass is 222 g/mol. The van der Waals surface area contributed by atoms with E-state index in [4.69, 9.17) is 0 Å². The van der Waals surface area contributed by atoms with Crippen molar-refractivity contribution >= 4 is 0 Å². The smallest absolute Gasteiger partial charge is 0.0794 e. The van der Waals surface area contributed by atoms with E-state index >= 15 is 0 Å². The summed E-state index contributed by atoms with van der Waals surface area (Å²) < 4.78 is 0. The average molecular weight is 222 g/mol. The molecule has 16 heavy (non-hydrogen) atoms. The van der Waals surface area contributed by atoms with E-state index in [1.54, 1.807) is 0 Å². The molecule has 0 radical (unpaired) electrons. The van der Waals surface area contributed by atoms with Gasteiger partial charge in [-0.15, -0.1) is 0 Å². The topological polar surface area (TPSA) is 52.7 Å². The fraction of sp³-hybridized carbons (Fsp3) is 0.750. The van der Waals surface area contributed by atoms with Crippen LogP contribution in [-0.2, 0) is 19.4 Å². The molecule has 1 aromatic rings. The quantitative estimate of drug-likeness (QED) is 0.672. The van der Waals surface area contributed by atoms with Gasteiger partial charge in [-0.1, -0.05) is 6.92 Å². The maximum atomic E-state index is 4.38. The molecule has 2 rings (SSSR count). The van der Waals surface area contributed by atoms with E-state index in [9.17, 15) is 0 Å². The number of fused-ring (bicyclic) bond motifs is 1. The van der Waals surface area contributed by atoms with E-state index in [0.29, 0.717) is 6.04 Å². The highest BCUT2D eigenvalue weighted by molar-refractivity contribution is 5.29. The number of likely N-dealkylation sites (N-methyl/N-ethyl adjacent to an activating group) is 1. The van der Waals surface area contributed by atoms with Crippen molar-refractivity contribution < 1.29 is 0 Å². The molecule has 0 spiro atoms. The lowest BCUT2D eigenvalue weighted by atomic mass is 10.2. The second-order valence-corrected chi connectivity index (χ2v) is 4.57. The lowest BCUT2D eigenvalue weighted by molar-refractivity contribution is 0.503. The van der Waals surface area contributed by atoms with Crippen LogP contribution < -0.4 is 10.6 Å². The Morgan fingerprint density at radius 3 is 3.12 bits per heavy atom. The van der Waals surface area contributed by atoms with Crippen LogP contribution in [0.2, 0.25) is 0 Å². The van der Waals surface area contributed by atoms with Crippen LogP contribution in [0.25, 0.3) is 0 Å². The molecule has 0 saturated heterocycles. The minimum absolute atomic E-state index is 0.494. The summed E-state index contributed by atoms with van der Waals surface area (Å²) in [6, 6.07) is 0.494. The van der Waals surface area contributed by atoms with E-state index in [-0.39, 0.29) is 0 Å². The fourth-order valence-electron chi connectivity index (χ4n) is 2.24. The number of aromatic amines is 1. The number of aryl methyl sites for hydroxylation is 1. The van der Waals surface area contributed by atoms with Crippen molar-refractivity contribution in [2.75, 3.05) is 13.1 Å². The molecule has 0 amide bonds. The van der Waals surface area contributed by atoms with Crippen molar-refractivity contribution in [3.05, 3.63) is 17.0 Å². The first-order chi connectivity index (χ1) is 7.81. The Hall–Kier alpha value is -0.870. The number of rotatable bonds is 6. The largest absolute Gasteiger partial charge is 0.315 e. The summed E-state index contributed by atoms with van der Waals surface area (Å²) in [5.41, 5.74) is 4.04. The van der Waals surface area contributed by atoms with E-state index in [0.717, 1.165) is 19.6 Å². The number of H-pyrrole nitrogens is 1. The van der Waals surface area contributed by atoms with E-state index in [2.05, 4.69) is 34.7 Å². The minimum Gasteiger partial charge on any atom is -0.315 e. The summed E-state index contributed by atoms with van der Waals surface area (Å²) in [5.74, 6) is 0. The number of nitrogens with zero attached hydrogens (tertiary/aromatic N) is 1. The Balaban J connectivity index is 1.81. The van der Waals surface area contributed by atoms with Crippen molar-refractivity contribution in [1.82, 2.24) is 20.8 Å². The molecular weight excluding hydrogens is 200 g/mol. The van der Waals surface area contributed by atoms with Gasteiger partial charge in [0.15, 0.2) is 0 Å². The molecule has 0 aliphatic heterocycles. The van der Waals surface area contributed by atoms with Crippen LogP contribution in [0.1, 0.15) is 37.2 Å². The van der Waals surface area contributed by atoms with Crippen molar-refractivity contribution in [1.29, 1.82) is 0 Å². The van der Waals surface area contributed by atoms with Gasteiger partial charge in [0.2, 0.25) is 0 Å². The van der Waals surface area contributed by atoms with Gasteiger partial charge in [0, 0.05) is 24.8 Å². The first kappa shape index (κ1) is 11.6. The number of hydrogen-bond donors (Lipinski definition) is 3. The summed E-state index contributed by atoms with van der Waals surface area (Å²) in [5, 5.41) is 14.4. The number of nitrogens with one attached hydrogen (secondary N) is 3. The van der Waals surface area contributed by atoms with Gasteiger partial charge in [-0.3, -0.25) is 5.10 Å². The van der Waals surface area contributed by atoms with Crippen LogP contribution in [0.5, 0.6) is 0 Å². The summed E-state index contributed by atoms with van der Waals surface area (Å²) in [4.78, 5) is 0. The van der Waals surface area contributed by atoms with Gasteiger partial charge in [0.25, 0.3) is 0 Å². The van der Waals surface area contributed by atoms with Crippen LogP contribution in [0.15, 0.2) is 0 Å². The Kier molecular flexibility index (Phi) is 3.96. The minimum atomic E-state index is 0.494. The van der Waals surface area contributed by atoms with E-state index in [1.807, 2.05) is 0 Å². The molecule has 1 atom stereocenters. The lowest BCUT2D eigenvalue weighted by Gasteiger charge is -2.13. The predicted octanol–water partition coefficient (Wildman–Crippen LogP) is 0.986. The molecule has 0 bridgehead atoms. The molecular formula is C12H22N4. The highest BCUT2D eigenvalue weighted by Crippen LogP contribution is 2.22. The van der Waals surface area contributed by atoms with Gasteiger partial charge < -0.3 is 10.6 Å². The van der Waals surface area contributed by atoms with Crippen LogP contribution in [0, 0.1) is 0 Å². The Morgan fingerprint density at radius 1 is 1.44 bits per heavy atom. The fourth-order valence-corrected chi connectivity index (χ4v) is 2.24. The number of hydrogen-bond acceptors (Lipinski definition) is 3. The summed E-state index contributed by atoms with van der Waals surface area (Å²) in [7, 11) is 0. The molecule has 4 heteroatoms. The van der Waals surface area contributed by atoms with Crippen molar-refractivity contribution in [2.45, 2.75) is 45.7 Å². The first-order valence-electron chi connectivity index (χ1n) is 6.30. The van der Waals surface area contributed by atoms with Gasteiger partial charge in [0.05, 0.1) is 5.69 Å². The highest BCUT2D eigenvalue weighted by atomic mass is 15.1. The Labute approximate surface area is 97.2 Å². The maximum Gasteiger partial charge on any atom is 0.0794 e. The third-order valence-corrected chi connectivity index (χ3v) is 3.21. The van der Waals surface area contributed by atoms with Crippen LogP contribution in [0.4, 0.5) is 0 Å². The molecule has 1 unspecified atom stereocenters. The van der Waals surface area contributed by atoms with Crippen molar-refractivity contribution in [3.63, 3.8) is 0 Å². The van der Waals surface area contributed by atoms with Crippen LogP contribution >= 0.6 is 0 Å². The zero-order chi connectivity index (χ0) is 11.4. The van der Waals surface area contributed by atoms with Gasteiger partial charge in [-0.2, -0.15) is 5.10 Å². The lowest BCUT2D eigenvalue weighted by Crippen LogP contribution is -2.36. The maximum absolute atomic E-state index is 4.38. The highest BCUT2D eigenvalue weighted by Gasteiger charge is 2.18. The van der Waals surface area contributed by atoms with Crippen molar-refractivity contribution in [3.8, 4) is 0 Å². The van der Waals surface area contributed by atoms with E-state index < -0.39 is 0 Å². The molecule has 4 nitrogen and oxygen atoms in total. The molecule has 3 N–H and O–H groups in total. The van der Waals surface area contributed by atoms with Crippen molar-refractivity contribution in [2.24, 2.45) is 0 Å². The molecule has 1 aliphatic carbocycles. The average Bonchev–Trinajstić information content (AvgIpc) is 2.86. The predicted molar refractivity (Wildman–Crippen MR) is 65.5 cm³/mol. The zero-order valence-corrected chi connectivity index (χ0v) is 10.3. The zero-order valence-electron chi connectivity index (χ0n) is 10.3. The summed E-state index contributed by atoms with van der Waals surface area (Å²) in [6.07, 6.45) is 3.66. The summed E-state index contributed by atoms with van der Waals surface area (Å²) in [6.45, 7) is 7.27. The van der Waals surface area contributed by atoms with Crippen LogP contribution in [-0.4, -0.2) is 29.3 Å². The molecule has 1 heterocycles. The third-order valence-electron chi connectivity index (χ3n) is 3.21. The molecule has 0 aromatic carbocycles. The Bertz CT molecular complexity index is 332. The molecule has 0 fully saturated rings. The standard InChI is InChI=1S/C12H22N4/c1-3-13-7-9(2)14-8-12-10-5-4-6-11(10)15-16-12/h9,13-14H,3-8H2,1-2H3,(H,15,16). The molecule has 0 saturated carbocycles. The third kappa shape index (κ3) is 2.62. The first-order valence-corrected chi connectivity index (χ1v) is 6.30.